The predicted octanol–water partition coefficient (Wildman–Crippen LogP) is 5.28. The molecule has 0 aliphatic heterocycles. The second kappa shape index (κ2) is 4.58. The van der Waals surface area contributed by atoms with Crippen molar-refractivity contribution in [2.75, 3.05) is 0 Å². The number of hydrogen-bond acceptors (Lipinski definition) is 0. The molecule has 124 valence electrons. The van der Waals surface area contributed by atoms with E-state index in [2.05, 4.69) is 0 Å². The first-order valence-corrected chi connectivity index (χ1v) is 6.54. The summed E-state index contributed by atoms with van der Waals surface area (Å²) in [6, 6.07) is 1.39. The Hall–Kier alpha value is -1.34. The second-order valence-electron chi connectivity index (χ2n) is 5.13. The summed E-state index contributed by atoms with van der Waals surface area (Å²) in [5, 5.41) is 0. The van der Waals surface area contributed by atoms with Gasteiger partial charge in [0.15, 0.2) is 0 Å². The first-order valence-electron chi connectivity index (χ1n) is 6.54. The molecule has 2 rings (SSSR count). The van der Waals surface area contributed by atoms with Crippen molar-refractivity contribution in [3.63, 3.8) is 0 Å². The Morgan fingerprint density at radius 3 is 1.68 bits per heavy atom. The lowest BCUT2D eigenvalue weighted by Crippen LogP contribution is -2.64. The lowest BCUT2D eigenvalue weighted by atomic mass is 9.76. The van der Waals surface area contributed by atoms with Crippen LogP contribution in [0, 0.1) is 0 Å². The van der Waals surface area contributed by atoms with Crippen LogP contribution in [-0.2, 0) is 24.7 Å². The van der Waals surface area contributed by atoms with E-state index in [9.17, 15) is 35.1 Å². The van der Waals surface area contributed by atoms with Crippen LogP contribution in [0.2, 0.25) is 0 Å². The predicted molar refractivity (Wildman–Crippen MR) is 62.9 cm³/mol. The minimum absolute atomic E-state index is 0.125. The standard InChI is InChI=1S/C14H12F8/c1-3-7-5-6-9-10(8(7)4-2)12(17,18)14(21,22)13(19,20)11(9,15)16/h5-6H,3-4H2,1-2H3. The van der Waals surface area contributed by atoms with Gasteiger partial charge in [0.1, 0.15) is 0 Å². The van der Waals surface area contributed by atoms with Crippen LogP contribution in [0.25, 0.3) is 0 Å². The summed E-state index contributed by atoms with van der Waals surface area (Å²) in [4.78, 5) is 0. The summed E-state index contributed by atoms with van der Waals surface area (Å²) >= 11 is 0. The smallest absolute Gasteiger partial charge is 0.194 e. The van der Waals surface area contributed by atoms with Crippen molar-refractivity contribution >= 4 is 0 Å². The highest BCUT2D eigenvalue weighted by molar-refractivity contribution is 5.50. The molecule has 0 atom stereocenters. The van der Waals surface area contributed by atoms with E-state index >= 15 is 0 Å². The van der Waals surface area contributed by atoms with Crippen LogP contribution in [0.4, 0.5) is 35.1 Å². The Morgan fingerprint density at radius 2 is 1.23 bits per heavy atom. The fourth-order valence-corrected chi connectivity index (χ4v) is 2.77. The van der Waals surface area contributed by atoms with Crippen LogP contribution in [0.15, 0.2) is 12.1 Å². The minimum Gasteiger partial charge on any atom is -0.194 e. The summed E-state index contributed by atoms with van der Waals surface area (Å²) in [6.07, 6.45) is -0.125. The summed E-state index contributed by atoms with van der Waals surface area (Å²) in [6.45, 7) is 2.83. The average Bonchev–Trinajstić information content (AvgIpc) is 2.43. The van der Waals surface area contributed by atoms with Crippen molar-refractivity contribution in [1.29, 1.82) is 0 Å². The van der Waals surface area contributed by atoms with Gasteiger partial charge >= 0.3 is 23.7 Å². The zero-order valence-electron chi connectivity index (χ0n) is 11.6. The first-order chi connectivity index (χ1) is 9.87. The van der Waals surface area contributed by atoms with Gasteiger partial charge in [0, 0.05) is 11.1 Å². The average molecular weight is 332 g/mol. The number of rotatable bonds is 2. The molecule has 0 spiro atoms. The maximum absolute atomic E-state index is 14.0. The quantitative estimate of drug-likeness (QED) is 0.647. The van der Waals surface area contributed by atoms with Crippen LogP contribution in [0.1, 0.15) is 36.1 Å². The van der Waals surface area contributed by atoms with Crippen molar-refractivity contribution in [2.24, 2.45) is 0 Å². The molecule has 1 aromatic rings. The van der Waals surface area contributed by atoms with E-state index in [1.54, 1.807) is 0 Å². The third kappa shape index (κ3) is 1.69. The molecule has 0 heterocycles. The molecular weight excluding hydrogens is 320 g/mol. The normalized spacial score (nSPS) is 23.9. The van der Waals surface area contributed by atoms with E-state index in [1.807, 2.05) is 0 Å². The van der Waals surface area contributed by atoms with E-state index in [0.29, 0.717) is 6.07 Å². The van der Waals surface area contributed by atoms with Gasteiger partial charge in [-0.25, -0.2) is 0 Å². The maximum atomic E-state index is 14.0. The fourth-order valence-electron chi connectivity index (χ4n) is 2.77. The van der Waals surface area contributed by atoms with E-state index in [-0.39, 0.29) is 18.4 Å². The van der Waals surface area contributed by atoms with Crippen LogP contribution in [0.5, 0.6) is 0 Å². The van der Waals surface area contributed by atoms with Crippen molar-refractivity contribution in [3.8, 4) is 0 Å². The Kier molecular flexibility index (Phi) is 3.54. The van der Waals surface area contributed by atoms with Crippen molar-refractivity contribution in [3.05, 3.63) is 34.4 Å². The van der Waals surface area contributed by atoms with Gasteiger partial charge < -0.3 is 0 Å². The van der Waals surface area contributed by atoms with Gasteiger partial charge in [-0.2, -0.15) is 35.1 Å². The molecule has 0 bridgehead atoms. The summed E-state index contributed by atoms with van der Waals surface area (Å²) in [5.74, 6) is -23.1. The third-order valence-electron chi connectivity index (χ3n) is 3.98. The fraction of sp³-hybridized carbons (Fsp3) is 0.571. The van der Waals surface area contributed by atoms with Crippen molar-refractivity contribution in [2.45, 2.75) is 50.4 Å². The molecule has 8 heteroatoms. The number of benzene rings is 1. The highest BCUT2D eigenvalue weighted by Gasteiger charge is 2.85. The summed E-state index contributed by atoms with van der Waals surface area (Å²) < 4.78 is 109. The molecule has 0 saturated heterocycles. The van der Waals surface area contributed by atoms with E-state index < -0.39 is 40.4 Å². The molecule has 1 aromatic carbocycles. The van der Waals surface area contributed by atoms with Gasteiger partial charge in [-0.15, -0.1) is 0 Å². The maximum Gasteiger partial charge on any atom is 0.382 e. The minimum atomic E-state index is -6.19. The molecule has 0 fully saturated rings. The Labute approximate surface area is 121 Å². The zero-order valence-corrected chi connectivity index (χ0v) is 11.6. The SMILES string of the molecule is CCc1ccc2c(c1CC)C(F)(F)C(F)(F)C(F)(F)C2(F)F. The molecule has 0 nitrogen and oxygen atoms in total. The number of halogens is 8. The van der Waals surface area contributed by atoms with Crippen LogP contribution >= 0.6 is 0 Å². The molecular formula is C14H12F8. The number of hydrogen-bond donors (Lipinski definition) is 0. The Morgan fingerprint density at radius 1 is 0.727 bits per heavy atom. The molecule has 0 amide bonds. The van der Waals surface area contributed by atoms with E-state index in [1.165, 1.54) is 13.8 Å². The van der Waals surface area contributed by atoms with Crippen molar-refractivity contribution in [1.82, 2.24) is 0 Å². The summed E-state index contributed by atoms with van der Waals surface area (Å²) in [7, 11) is 0. The largest absolute Gasteiger partial charge is 0.382 e. The lowest BCUT2D eigenvalue weighted by Gasteiger charge is -2.43. The molecule has 0 N–H and O–H groups in total. The van der Waals surface area contributed by atoms with Crippen LogP contribution in [-0.4, -0.2) is 11.8 Å². The molecule has 0 unspecified atom stereocenters. The van der Waals surface area contributed by atoms with Crippen molar-refractivity contribution < 1.29 is 35.1 Å². The monoisotopic (exact) mass is 332 g/mol. The lowest BCUT2D eigenvalue weighted by molar-refractivity contribution is -0.386. The van der Waals surface area contributed by atoms with E-state index in [4.69, 9.17) is 0 Å². The molecule has 0 aromatic heterocycles. The summed E-state index contributed by atoms with van der Waals surface area (Å²) in [5.41, 5.74) is -3.68. The molecule has 0 saturated carbocycles. The molecule has 22 heavy (non-hydrogen) atoms. The highest BCUT2D eigenvalue weighted by Crippen LogP contribution is 2.65. The van der Waals surface area contributed by atoms with Gasteiger partial charge in [-0.3, -0.25) is 0 Å². The second-order valence-corrected chi connectivity index (χ2v) is 5.13. The Balaban J connectivity index is 2.97. The van der Waals surface area contributed by atoms with Gasteiger partial charge in [0.25, 0.3) is 0 Å². The van der Waals surface area contributed by atoms with E-state index in [0.717, 1.165) is 6.07 Å². The van der Waals surface area contributed by atoms with Crippen LogP contribution in [0.3, 0.4) is 0 Å². The number of alkyl halides is 8. The highest BCUT2D eigenvalue weighted by atomic mass is 19.4. The van der Waals surface area contributed by atoms with Gasteiger partial charge in [-0.1, -0.05) is 26.0 Å². The number of aryl methyl sites for hydroxylation is 1. The van der Waals surface area contributed by atoms with Gasteiger partial charge in [0.05, 0.1) is 0 Å². The zero-order chi connectivity index (χ0) is 17.1. The van der Waals surface area contributed by atoms with Gasteiger partial charge in [-0.05, 0) is 24.0 Å². The van der Waals surface area contributed by atoms with Gasteiger partial charge in [0.2, 0.25) is 0 Å². The Bertz CT molecular complexity index is 603. The number of fused-ring (bicyclic) bond motifs is 1. The molecule has 0 radical (unpaired) electrons. The molecule has 1 aliphatic rings. The first kappa shape index (κ1) is 17.0. The third-order valence-corrected chi connectivity index (χ3v) is 3.98. The topological polar surface area (TPSA) is 0 Å². The van der Waals surface area contributed by atoms with Crippen LogP contribution < -0.4 is 0 Å². The molecule has 1 aliphatic carbocycles.